The number of nitrogens with one attached hydrogen (secondary N) is 2. The van der Waals surface area contributed by atoms with Gasteiger partial charge in [-0.15, -0.1) is 0 Å². The zero-order valence-corrected chi connectivity index (χ0v) is 22.4. The van der Waals surface area contributed by atoms with Gasteiger partial charge in [0.15, 0.2) is 5.11 Å². The van der Waals surface area contributed by atoms with Crippen molar-refractivity contribution in [3.05, 3.63) is 100 Å². The van der Waals surface area contributed by atoms with Crippen LogP contribution in [0.2, 0.25) is 10.0 Å². The Hall–Kier alpha value is -3.39. The van der Waals surface area contributed by atoms with Crippen LogP contribution in [0.1, 0.15) is 37.4 Å². The lowest BCUT2D eigenvalue weighted by atomic mass is 10.0. The van der Waals surface area contributed by atoms with Crippen molar-refractivity contribution in [3.63, 3.8) is 0 Å². The van der Waals surface area contributed by atoms with E-state index in [0.717, 1.165) is 16.9 Å². The van der Waals surface area contributed by atoms with Crippen LogP contribution in [0.25, 0.3) is 11.3 Å². The summed E-state index contributed by atoms with van der Waals surface area (Å²) in [6.07, 6.45) is 1.75. The van der Waals surface area contributed by atoms with Gasteiger partial charge >= 0.3 is 0 Å². The van der Waals surface area contributed by atoms with E-state index in [1.807, 2.05) is 79.4 Å². The Morgan fingerprint density at radius 2 is 1.86 bits per heavy atom. The zero-order chi connectivity index (χ0) is 26.1. The standard InChI is InChI=1S/C28H24Cl2N4O2S/c1-16(2)27(35)32-21-11-10-19(15-20(21)30)34-26(25(33-28(34)37)22-5-3-4-14-31-22)24-13-12-23(36-24)17-6-8-18(29)9-7-17/h3-16,25-26H,1-2H3,(H,32,35)(H,33,37)/t25-,26+/m1/s1. The Morgan fingerprint density at radius 1 is 1.08 bits per heavy atom. The maximum atomic E-state index is 12.2. The molecule has 1 aliphatic heterocycles. The SMILES string of the molecule is CC(C)C(=O)Nc1ccc(N2C(=S)N[C@H](c3ccccn3)[C@@H]2c2ccc(-c3ccc(Cl)cc3)o2)cc1Cl. The van der Waals surface area contributed by atoms with Crippen molar-refractivity contribution in [2.45, 2.75) is 25.9 Å². The molecule has 3 heterocycles. The van der Waals surface area contributed by atoms with Crippen LogP contribution in [-0.4, -0.2) is 16.0 Å². The summed E-state index contributed by atoms with van der Waals surface area (Å²) < 4.78 is 6.38. The number of anilines is 2. The average molecular weight is 551 g/mol. The lowest BCUT2D eigenvalue weighted by molar-refractivity contribution is -0.118. The summed E-state index contributed by atoms with van der Waals surface area (Å²) >= 11 is 18.5. The topological polar surface area (TPSA) is 70.4 Å². The van der Waals surface area contributed by atoms with Crippen molar-refractivity contribution in [2.24, 2.45) is 5.92 Å². The summed E-state index contributed by atoms with van der Waals surface area (Å²) in [6, 6.07) is 22.0. The lowest BCUT2D eigenvalue weighted by Crippen LogP contribution is -2.29. The molecule has 2 aromatic heterocycles. The fraction of sp³-hybridized carbons (Fsp3) is 0.179. The molecule has 2 aromatic carbocycles. The molecule has 1 aliphatic rings. The molecule has 5 rings (SSSR count). The van der Waals surface area contributed by atoms with Crippen LogP contribution in [0, 0.1) is 5.92 Å². The van der Waals surface area contributed by atoms with Gasteiger partial charge in [-0.1, -0.05) is 43.1 Å². The van der Waals surface area contributed by atoms with Crippen LogP contribution in [0.4, 0.5) is 11.4 Å². The molecular weight excluding hydrogens is 527 g/mol. The number of rotatable bonds is 6. The van der Waals surface area contributed by atoms with Gasteiger partial charge in [0.2, 0.25) is 5.91 Å². The first-order valence-electron chi connectivity index (χ1n) is 11.8. The molecule has 0 radical (unpaired) electrons. The molecule has 1 fully saturated rings. The Bertz CT molecular complexity index is 1440. The number of carbonyl (C=O) groups excluding carboxylic acids is 1. The molecule has 1 amide bonds. The second-order valence-corrected chi connectivity index (χ2v) is 10.2. The number of hydrogen-bond acceptors (Lipinski definition) is 4. The van der Waals surface area contributed by atoms with Gasteiger partial charge in [0.05, 0.1) is 22.4 Å². The van der Waals surface area contributed by atoms with Crippen LogP contribution in [0.3, 0.4) is 0 Å². The number of halogens is 2. The third-order valence-electron chi connectivity index (χ3n) is 6.16. The van der Waals surface area contributed by atoms with E-state index in [2.05, 4.69) is 15.6 Å². The number of furan rings is 1. The van der Waals surface area contributed by atoms with Crippen molar-refractivity contribution < 1.29 is 9.21 Å². The summed E-state index contributed by atoms with van der Waals surface area (Å²) in [5, 5.41) is 7.86. The highest BCUT2D eigenvalue weighted by Crippen LogP contribution is 2.44. The smallest absolute Gasteiger partial charge is 0.226 e. The van der Waals surface area contributed by atoms with Gasteiger partial charge in [0, 0.05) is 28.4 Å². The molecule has 6 nitrogen and oxygen atoms in total. The first-order chi connectivity index (χ1) is 17.8. The van der Waals surface area contributed by atoms with Gasteiger partial charge in [-0.2, -0.15) is 0 Å². The Morgan fingerprint density at radius 3 is 2.54 bits per heavy atom. The Kier molecular flexibility index (Phi) is 7.20. The highest BCUT2D eigenvalue weighted by Gasteiger charge is 2.42. The average Bonchev–Trinajstić information content (AvgIpc) is 3.51. The van der Waals surface area contributed by atoms with Crippen molar-refractivity contribution in [1.82, 2.24) is 10.3 Å². The molecular formula is C28H24Cl2N4O2S. The molecule has 0 unspecified atom stereocenters. The predicted octanol–water partition coefficient (Wildman–Crippen LogP) is 7.42. The number of nitrogens with zero attached hydrogens (tertiary/aromatic N) is 2. The van der Waals surface area contributed by atoms with Gasteiger partial charge in [0.1, 0.15) is 17.6 Å². The van der Waals surface area contributed by atoms with Crippen molar-refractivity contribution in [2.75, 3.05) is 10.2 Å². The molecule has 4 aromatic rings. The van der Waals surface area contributed by atoms with E-state index in [9.17, 15) is 4.79 Å². The number of amides is 1. The highest BCUT2D eigenvalue weighted by molar-refractivity contribution is 7.80. The second kappa shape index (κ2) is 10.5. The van der Waals surface area contributed by atoms with Gasteiger partial charge in [-0.25, -0.2) is 0 Å². The molecule has 0 aliphatic carbocycles. The number of aromatic nitrogens is 1. The maximum absolute atomic E-state index is 12.2. The maximum Gasteiger partial charge on any atom is 0.226 e. The number of benzene rings is 2. The highest BCUT2D eigenvalue weighted by atomic mass is 35.5. The largest absolute Gasteiger partial charge is 0.459 e. The molecule has 188 valence electrons. The van der Waals surface area contributed by atoms with E-state index >= 15 is 0 Å². The first kappa shape index (κ1) is 25.3. The summed E-state index contributed by atoms with van der Waals surface area (Å²) in [7, 11) is 0. The van der Waals surface area contributed by atoms with Crippen molar-refractivity contribution >= 4 is 57.8 Å². The van der Waals surface area contributed by atoms with Gasteiger partial charge in [0.25, 0.3) is 0 Å². The summed E-state index contributed by atoms with van der Waals surface area (Å²) in [4.78, 5) is 18.7. The summed E-state index contributed by atoms with van der Waals surface area (Å²) in [5.74, 6) is 1.16. The third kappa shape index (κ3) is 5.21. The normalized spacial score (nSPS) is 17.2. The van der Waals surface area contributed by atoms with E-state index < -0.39 is 0 Å². The quantitative estimate of drug-likeness (QED) is 0.243. The minimum atomic E-state index is -0.337. The fourth-order valence-electron chi connectivity index (χ4n) is 4.24. The van der Waals surface area contributed by atoms with Crippen LogP contribution >= 0.6 is 35.4 Å². The van der Waals surface area contributed by atoms with Crippen LogP contribution in [0.5, 0.6) is 0 Å². The number of pyridine rings is 1. The second-order valence-electron chi connectivity index (χ2n) is 9.01. The minimum Gasteiger partial charge on any atom is -0.459 e. The molecule has 0 bridgehead atoms. The summed E-state index contributed by atoms with van der Waals surface area (Å²) in [5.41, 5.74) is 3.05. The third-order valence-corrected chi connectivity index (χ3v) is 7.04. The minimum absolute atomic E-state index is 0.105. The number of thiocarbonyl (C=S) groups is 1. The van der Waals surface area contributed by atoms with E-state index in [1.165, 1.54) is 0 Å². The molecule has 1 saturated heterocycles. The zero-order valence-electron chi connectivity index (χ0n) is 20.1. The monoisotopic (exact) mass is 550 g/mol. The lowest BCUT2D eigenvalue weighted by Gasteiger charge is -2.26. The van der Waals surface area contributed by atoms with Crippen LogP contribution < -0.4 is 15.5 Å². The fourth-order valence-corrected chi connectivity index (χ4v) is 4.93. The molecule has 0 spiro atoms. The molecule has 0 saturated carbocycles. The Labute approximate surface area is 230 Å². The number of carbonyl (C=O) groups is 1. The van der Waals surface area contributed by atoms with E-state index in [0.29, 0.717) is 32.4 Å². The Balaban J connectivity index is 1.54. The summed E-state index contributed by atoms with van der Waals surface area (Å²) in [6.45, 7) is 3.66. The van der Waals surface area contributed by atoms with Crippen molar-refractivity contribution in [1.29, 1.82) is 0 Å². The van der Waals surface area contributed by atoms with E-state index in [1.54, 1.807) is 18.3 Å². The van der Waals surface area contributed by atoms with Gasteiger partial charge in [-0.05, 0) is 78.9 Å². The molecule has 2 N–H and O–H groups in total. The number of hydrogen-bond donors (Lipinski definition) is 2. The van der Waals surface area contributed by atoms with Crippen LogP contribution in [-0.2, 0) is 4.79 Å². The van der Waals surface area contributed by atoms with E-state index in [-0.39, 0.29) is 23.9 Å². The first-order valence-corrected chi connectivity index (χ1v) is 12.9. The predicted molar refractivity (Wildman–Crippen MR) is 152 cm³/mol. The van der Waals surface area contributed by atoms with Gasteiger partial charge in [-0.3, -0.25) is 9.78 Å². The van der Waals surface area contributed by atoms with Gasteiger partial charge < -0.3 is 20.0 Å². The molecule has 2 atom stereocenters. The van der Waals surface area contributed by atoms with Crippen molar-refractivity contribution in [3.8, 4) is 11.3 Å². The van der Waals surface area contributed by atoms with Crippen LogP contribution in [0.15, 0.2) is 83.4 Å². The molecule has 37 heavy (non-hydrogen) atoms. The molecule has 9 heteroatoms. The van der Waals surface area contributed by atoms with E-state index in [4.69, 9.17) is 39.8 Å².